The Morgan fingerprint density at radius 2 is 0.889 bits per heavy atom. The highest BCUT2D eigenvalue weighted by Gasteiger charge is 2.65. The van der Waals surface area contributed by atoms with Crippen LogP contribution in [0.15, 0.2) is 97.1 Å². The van der Waals surface area contributed by atoms with Crippen molar-refractivity contribution < 1.29 is 33.7 Å². The van der Waals surface area contributed by atoms with Gasteiger partial charge >= 0.3 is 0 Å². The van der Waals surface area contributed by atoms with Crippen LogP contribution in [0.2, 0.25) is 0 Å². The van der Waals surface area contributed by atoms with Gasteiger partial charge in [-0.15, -0.1) is 0 Å². The lowest BCUT2D eigenvalue weighted by Crippen LogP contribution is -2.30. The SMILES string of the molecule is CC1(c2cccc(NS(C)(=O)=O)c2)C2CN(CCc3ccc(NS(C)(=O)=O)cc3)CC21.CC1(c2cccc(NS(C)(=O)=O)c2)C2CNCC21.CCCc1ccc(NS(C)(=O)=O)cc1. The molecule has 8 rings (SSSR count). The van der Waals surface area contributed by atoms with Crippen molar-refractivity contribution in [3.8, 4) is 0 Å². The molecule has 344 valence electrons. The maximum atomic E-state index is 11.5. The second-order valence-corrected chi connectivity index (χ2v) is 25.0. The zero-order valence-electron chi connectivity index (χ0n) is 37.1. The van der Waals surface area contributed by atoms with E-state index in [1.165, 1.54) is 34.8 Å². The summed E-state index contributed by atoms with van der Waals surface area (Å²) >= 11 is 0. The fourth-order valence-corrected chi connectivity index (χ4v) is 11.8. The average Bonchev–Trinajstić information content (AvgIpc) is 3.63. The smallest absolute Gasteiger partial charge is 0.229 e. The van der Waals surface area contributed by atoms with Crippen LogP contribution < -0.4 is 24.2 Å². The number of nitrogens with one attached hydrogen (secondary N) is 5. The Balaban J connectivity index is 0.000000174. The maximum absolute atomic E-state index is 11.5. The van der Waals surface area contributed by atoms with Gasteiger partial charge in [-0.3, -0.25) is 18.9 Å². The van der Waals surface area contributed by atoms with E-state index in [9.17, 15) is 33.7 Å². The molecule has 2 saturated heterocycles. The fraction of sp³-hybridized carbons (Fsp3) is 0.467. The standard InChI is InChI=1S/C22H29N3O4S2.C13H18N2O2S.C10H15NO2S/c1-22(17-5-4-6-19(13-17)24-31(3,28)29)20-14-25(15-21(20)22)12-11-16-7-9-18(10-8-16)23-30(2,26)27;1-13(11-7-14-8-12(11)13)9-4-3-5-10(6-9)15-18(2,16)17;1-3-4-9-5-7-10(8-6-9)11-14(2,12)13/h4-10,13,20-21,23-24H,11-12,14-15H2,1-3H3;3-6,11-12,14-15H,7-8H2,1-2H3;5-8,11H,3-4H2,1-2H3. The van der Waals surface area contributed by atoms with Crippen molar-refractivity contribution in [2.24, 2.45) is 23.7 Å². The van der Waals surface area contributed by atoms with Crippen molar-refractivity contribution in [3.63, 3.8) is 0 Å². The molecule has 5 N–H and O–H groups in total. The first-order chi connectivity index (χ1) is 29.4. The zero-order chi connectivity index (χ0) is 46.0. The van der Waals surface area contributed by atoms with Crippen LogP contribution in [0.4, 0.5) is 22.7 Å². The fourth-order valence-electron chi connectivity index (χ4n) is 9.55. The van der Waals surface area contributed by atoms with E-state index in [1.807, 2.05) is 48.5 Å². The Morgan fingerprint density at radius 3 is 1.27 bits per heavy atom. The van der Waals surface area contributed by atoms with Crippen LogP contribution in [0.1, 0.15) is 49.4 Å². The molecule has 0 spiro atoms. The average molecular weight is 943 g/mol. The summed E-state index contributed by atoms with van der Waals surface area (Å²) in [6, 6.07) is 30.6. The molecule has 2 aliphatic heterocycles. The van der Waals surface area contributed by atoms with Crippen LogP contribution in [0.5, 0.6) is 0 Å². The van der Waals surface area contributed by atoms with Crippen LogP contribution in [0.25, 0.3) is 0 Å². The van der Waals surface area contributed by atoms with Gasteiger partial charge in [0.15, 0.2) is 0 Å². The number of rotatable bonds is 15. The number of hydrogen-bond donors (Lipinski definition) is 5. The third kappa shape index (κ3) is 13.0. The van der Waals surface area contributed by atoms with Gasteiger partial charge in [0, 0.05) is 53.2 Å². The molecule has 2 heterocycles. The van der Waals surface area contributed by atoms with Crippen LogP contribution >= 0.6 is 0 Å². The van der Waals surface area contributed by atoms with Crippen molar-refractivity contribution in [1.29, 1.82) is 0 Å². The molecule has 2 saturated carbocycles. The predicted octanol–water partition coefficient (Wildman–Crippen LogP) is 5.67. The first-order valence-electron chi connectivity index (χ1n) is 21.1. The van der Waals surface area contributed by atoms with Crippen LogP contribution in [0.3, 0.4) is 0 Å². The third-order valence-corrected chi connectivity index (χ3v) is 15.2. The number of anilines is 4. The summed E-state index contributed by atoms with van der Waals surface area (Å²) in [7, 11) is -12.9. The minimum atomic E-state index is -3.28. The first kappa shape index (κ1) is 48.3. The van der Waals surface area contributed by atoms with E-state index < -0.39 is 40.1 Å². The molecular weight excluding hydrogens is 881 g/mol. The van der Waals surface area contributed by atoms with Gasteiger partial charge in [-0.05, 0) is 120 Å². The third-order valence-electron chi connectivity index (χ3n) is 12.8. The molecule has 0 bridgehead atoms. The molecule has 14 nitrogen and oxygen atoms in total. The minimum absolute atomic E-state index is 0.102. The molecule has 0 amide bonds. The molecule has 2 aliphatic carbocycles. The molecule has 4 aromatic carbocycles. The van der Waals surface area contributed by atoms with Gasteiger partial charge in [-0.2, -0.15) is 0 Å². The highest BCUT2D eigenvalue weighted by Crippen LogP contribution is 2.63. The predicted molar refractivity (Wildman–Crippen MR) is 255 cm³/mol. The van der Waals surface area contributed by atoms with E-state index in [0.29, 0.717) is 46.4 Å². The van der Waals surface area contributed by atoms with Gasteiger partial charge < -0.3 is 10.2 Å². The maximum Gasteiger partial charge on any atom is 0.229 e. The Kier molecular flexibility index (Phi) is 14.3. The van der Waals surface area contributed by atoms with Crippen molar-refractivity contribution >= 4 is 62.8 Å². The van der Waals surface area contributed by atoms with E-state index in [-0.39, 0.29) is 10.8 Å². The number of sulfonamides is 4. The summed E-state index contributed by atoms with van der Waals surface area (Å²) in [5.74, 6) is 2.57. The Hall–Kier alpha value is -4.20. The van der Waals surface area contributed by atoms with Gasteiger partial charge in [0.05, 0.1) is 25.0 Å². The lowest BCUT2D eigenvalue weighted by Gasteiger charge is -2.25. The Labute approximate surface area is 375 Å². The number of benzene rings is 4. The largest absolute Gasteiger partial charge is 0.316 e. The molecule has 0 aromatic heterocycles. The zero-order valence-corrected chi connectivity index (χ0v) is 40.3. The highest BCUT2D eigenvalue weighted by atomic mass is 32.2. The number of hydrogen-bond acceptors (Lipinski definition) is 10. The van der Waals surface area contributed by atoms with Crippen molar-refractivity contribution in [2.45, 2.75) is 50.9 Å². The lowest BCUT2D eigenvalue weighted by atomic mass is 9.92. The molecule has 0 radical (unpaired) electrons. The monoisotopic (exact) mass is 942 g/mol. The number of fused-ring (bicyclic) bond motifs is 2. The van der Waals surface area contributed by atoms with Crippen molar-refractivity contribution in [1.82, 2.24) is 10.2 Å². The number of aryl methyl sites for hydroxylation is 1. The Bertz CT molecular complexity index is 2680. The normalized spacial score (nSPS) is 24.9. The number of likely N-dealkylation sites (tertiary alicyclic amines) is 1. The van der Waals surface area contributed by atoms with Crippen LogP contribution in [-0.2, 0) is 63.8 Å². The molecule has 4 unspecified atom stereocenters. The van der Waals surface area contributed by atoms with Gasteiger partial charge in [0.25, 0.3) is 0 Å². The summed E-state index contributed by atoms with van der Waals surface area (Å²) in [4.78, 5) is 2.48. The summed E-state index contributed by atoms with van der Waals surface area (Å²) in [5.41, 5.74) is 7.66. The van der Waals surface area contributed by atoms with Gasteiger partial charge in [0.1, 0.15) is 0 Å². The van der Waals surface area contributed by atoms with Gasteiger partial charge in [-0.25, -0.2) is 33.7 Å². The van der Waals surface area contributed by atoms with Crippen molar-refractivity contribution in [2.75, 3.05) is 76.6 Å². The first-order valence-corrected chi connectivity index (χ1v) is 28.7. The molecule has 4 fully saturated rings. The Morgan fingerprint density at radius 1 is 0.524 bits per heavy atom. The van der Waals surface area contributed by atoms with Gasteiger partial charge in [0.2, 0.25) is 40.1 Å². The molecule has 18 heteroatoms. The molecule has 4 aromatic rings. The molecular formula is C45H62N6O8S4. The van der Waals surface area contributed by atoms with E-state index >= 15 is 0 Å². The molecule has 4 aliphatic rings. The van der Waals surface area contributed by atoms with Crippen LogP contribution in [0, 0.1) is 23.7 Å². The second kappa shape index (κ2) is 18.7. The lowest BCUT2D eigenvalue weighted by molar-refractivity contribution is 0.281. The molecule has 63 heavy (non-hydrogen) atoms. The van der Waals surface area contributed by atoms with E-state index in [4.69, 9.17) is 0 Å². The van der Waals surface area contributed by atoms with Crippen LogP contribution in [-0.4, -0.2) is 96.3 Å². The van der Waals surface area contributed by atoms with E-state index in [1.54, 1.807) is 36.4 Å². The summed E-state index contributed by atoms with van der Waals surface area (Å²) < 4.78 is 100. The molecule has 4 atom stereocenters. The number of piperidine rings is 2. The van der Waals surface area contributed by atoms with E-state index in [0.717, 1.165) is 64.5 Å². The minimum Gasteiger partial charge on any atom is -0.316 e. The highest BCUT2D eigenvalue weighted by molar-refractivity contribution is 7.92. The number of nitrogens with zero attached hydrogens (tertiary/aromatic N) is 1. The summed E-state index contributed by atoms with van der Waals surface area (Å²) in [6.07, 6.45) is 7.68. The summed E-state index contributed by atoms with van der Waals surface area (Å²) in [6.45, 7) is 11.9. The topological polar surface area (TPSA) is 200 Å². The van der Waals surface area contributed by atoms with E-state index in [2.05, 4.69) is 62.0 Å². The van der Waals surface area contributed by atoms with Gasteiger partial charge in [-0.1, -0.05) is 75.7 Å². The van der Waals surface area contributed by atoms with Crippen molar-refractivity contribution in [3.05, 3.63) is 119 Å². The second-order valence-electron chi connectivity index (χ2n) is 18.0. The summed E-state index contributed by atoms with van der Waals surface area (Å²) in [5, 5.41) is 3.39. The quantitative estimate of drug-likeness (QED) is 0.0991.